The molecule has 0 saturated carbocycles. The van der Waals surface area contributed by atoms with Crippen LogP contribution in [0.3, 0.4) is 0 Å². The fraction of sp³-hybridized carbons (Fsp3) is 0.625. The second kappa shape index (κ2) is 8.58. The van der Waals surface area contributed by atoms with Crippen LogP contribution in [0.15, 0.2) is 16.6 Å². The molecule has 1 rings (SSSR count). The summed E-state index contributed by atoms with van der Waals surface area (Å²) in [5.41, 5.74) is 2.43. The Hall–Kier alpha value is -0.500. The Morgan fingerprint density at radius 3 is 2.11 bits per heavy atom. The molecule has 0 aliphatic rings. The molecule has 102 valence electrons. The van der Waals surface area contributed by atoms with Crippen LogP contribution in [0.1, 0.15) is 56.6 Å². The zero-order valence-electron chi connectivity index (χ0n) is 11.9. The molecule has 18 heavy (non-hydrogen) atoms. The van der Waals surface area contributed by atoms with Crippen molar-refractivity contribution in [1.82, 2.24) is 0 Å². The third-order valence-corrected chi connectivity index (χ3v) is 3.63. The fourth-order valence-electron chi connectivity index (χ4n) is 2.18. The minimum absolute atomic E-state index is 0.843. The molecule has 0 amide bonds. The normalized spacial score (nSPS) is 10.7. The maximum atomic E-state index is 5.91. The van der Waals surface area contributed by atoms with Gasteiger partial charge >= 0.3 is 0 Å². The predicted octanol–water partition coefficient (Wildman–Crippen LogP) is 5.81. The molecule has 0 aromatic heterocycles. The average Bonchev–Trinajstić information content (AvgIpc) is 2.30. The number of unbranched alkanes of at least 4 members (excludes halogenated alkanes) is 5. The van der Waals surface area contributed by atoms with Gasteiger partial charge in [0.25, 0.3) is 0 Å². The van der Waals surface area contributed by atoms with E-state index in [1.54, 1.807) is 0 Å². The van der Waals surface area contributed by atoms with Gasteiger partial charge in [-0.05, 0) is 43.5 Å². The molecule has 0 atom stereocenters. The molecule has 0 aliphatic carbocycles. The minimum atomic E-state index is 0.843. The van der Waals surface area contributed by atoms with Crippen LogP contribution in [0.5, 0.6) is 5.75 Å². The van der Waals surface area contributed by atoms with E-state index in [9.17, 15) is 0 Å². The monoisotopic (exact) mass is 312 g/mol. The van der Waals surface area contributed by atoms with E-state index in [1.165, 1.54) is 49.7 Å². The van der Waals surface area contributed by atoms with E-state index in [1.807, 2.05) is 0 Å². The van der Waals surface area contributed by atoms with Crippen molar-refractivity contribution in [2.24, 2.45) is 0 Å². The van der Waals surface area contributed by atoms with Gasteiger partial charge in [-0.3, -0.25) is 0 Å². The number of ether oxygens (including phenoxy) is 1. The van der Waals surface area contributed by atoms with Crippen molar-refractivity contribution in [3.8, 4) is 5.75 Å². The molecular weight excluding hydrogens is 288 g/mol. The summed E-state index contributed by atoms with van der Waals surface area (Å²) in [5.74, 6) is 1.06. The highest BCUT2D eigenvalue weighted by Crippen LogP contribution is 2.27. The summed E-state index contributed by atoms with van der Waals surface area (Å²) in [6.45, 7) is 7.31. The van der Waals surface area contributed by atoms with Gasteiger partial charge in [0.2, 0.25) is 0 Å². The average molecular weight is 313 g/mol. The van der Waals surface area contributed by atoms with Gasteiger partial charge in [0.15, 0.2) is 0 Å². The molecule has 1 aromatic rings. The third-order valence-electron chi connectivity index (χ3n) is 3.17. The lowest BCUT2D eigenvalue weighted by atomic mass is 10.1. The minimum Gasteiger partial charge on any atom is -0.493 e. The van der Waals surface area contributed by atoms with Gasteiger partial charge < -0.3 is 4.74 Å². The van der Waals surface area contributed by atoms with Crippen LogP contribution < -0.4 is 4.74 Å². The number of rotatable bonds is 8. The van der Waals surface area contributed by atoms with Crippen LogP contribution in [0.2, 0.25) is 0 Å². The molecule has 0 aliphatic heterocycles. The van der Waals surface area contributed by atoms with Gasteiger partial charge in [-0.2, -0.15) is 0 Å². The van der Waals surface area contributed by atoms with E-state index in [4.69, 9.17) is 4.74 Å². The maximum Gasteiger partial charge on any atom is 0.125 e. The predicted molar refractivity (Wildman–Crippen MR) is 82.5 cm³/mol. The zero-order valence-corrected chi connectivity index (χ0v) is 13.5. The molecule has 1 nitrogen and oxygen atoms in total. The number of hydrogen-bond donors (Lipinski definition) is 0. The highest BCUT2D eigenvalue weighted by Gasteiger charge is 2.05. The fourth-order valence-corrected chi connectivity index (χ4v) is 2.87. The standard InChI is InChI=1S/C16H25BrO/c1-4-5-6-7-8-9-10-18-16-13(2)11-15(17)12-14(16)3/h11-12H,4-10H2,1-3H3. The number of hydrogen-bond acceptors (Lipinski definition) is 1. The lowest BCUT2D eigenvalue weighted by Gasteiger charge is -2.12. The van der Waals surface area contributed by atoms with E-state index < -0.39 is 0 Å². The molecule has 0 N–H and O–H groups in total. The van der Waals surface area contributed by atoms with Crippen molar-refractivity contribution < 1.29 is 4.74 Å². The quantitative estimate of drug-likeness (QED) is 0.551. The van der Waals surface area contributed by atoms with Crippen LogP contribution in [0.25, 0.3) is 0 Å². The van der Waals surface area contributed by atoms with Crippen LogP contribution in [-0.4, -0.2) is 6.61 Å². The Morgan fingerprint density at radius 2 is 1.50 bits per heavy atom. The Morgan fingerprint density at radius 1 is 0.944 bits per heavy atom. The van der Waals surface area contributed by atoms with Crippen molar-refractivity contribution in [2.45, 2.75) is 59.3 Å². The molecule has 1 aromatic carbocycles. The van der Waals surface area contributed by atoms with E-state index in [0.717, 1.165) is 16.8 Å². The first kappa shape index (κ1) is 15.6. The summed E-state index contributed by atoms with van der Waals surface area (Å²) in [5, 5.41) is 0. The van der Waals surface area contributed by atoms with Gasteiger partial charge in [-0.25, -0.2) is 0 Å². The molecule has 0 unspecified atom stereocenters. The molecule has 0 radical (unpaired) electrons. The first-order chi connectivity index (χ1) is 8.65. The highest BCUT2D eigenvalue weighted by atomic mass is 79.9. The summed E-state index contributed by atoms with van der Waals surface area (Å²) >= 11 is 3.51. The summed E-state index contributed by atoms with van der Waals surface area (Å²) in [6, 6.07) is 4.23. The van der Waals surface area contributed by atoms with Gasteiger partial charge in [0.1, 0.15) is 5.75 Å². The van der Waals surface area contributed by atoms with E-state index in [-0.39, 0.29) is 0 Å². The van der Waals surface area contributed by atoms with Crippen molar-refractivity contribution in [3.63, 3.8) is 0 Å². The Balaban J connectivity index is 2.27. The molecule has 0 bridgehead atoms. The van der Waals surface area contributed by atoms with E-state index in [0.29, 0.717) is 0 Å². The number of halogens is 1. The van der Waals surface area contributed by atoms with Gasteiger partial charge in [0.05, 0.1) is 6.61 Å². The Bertz CT molecular complexity index is 337. The lowest BCUT2D eigenvalue weighted by molar-refractivity contribution is 0.300. The first-order valence-corrected chi connectivity index (χ1v) is 7.84. The SMILES string of the molecule is CCCCCCCCOc1c(C)cc(Br)cc1C. The Kier molecular flexibility index (Phi) is 7.41. The molecule has 0 heterocycles. The van der Waals surface area contributed by atoms with Gasteiger partial charge in [-0.15, -0.1) is 0 Å². The Labute approximate surface area is 120 Å². The number of aryl methyl sites for hydroxylation is 2. The molecule has 2 heteroatoms. The molecule has 0 saturated heterocycles. The van der Waals surface area contributed by atoms with Crippen molar-refractivity contribution >= 4 is 15.9 Å². The zero-order chi connectivity index (χ0) is 13.4. The van der Waals surface area contributed by atoms with Crippen LogP contribution in [-0.2, 0) is 0 Å². The second-order valence-electron chi connectivity index (χ2n) is 4.98. The number of benzene rings is 1. The highest BCUT2D eigenvalue weighted by molar-refractivity contribution is 9.10. The lowest BCUT2D eigenvalue weighted by Crippen LogP contribution is -2.00. The van der Waals surface area contributed by atoms with Crippen molar-refractivity contribution in [2.75, 3.05) is 6.61 Å². The second-order valence-corrected chi connectivity index (χ2v) is 5.90. The first-order valence-electron chi connectivity index (χ1n) is 7.04. The van der Waals surface area contributed by atoms with E-state index in [2.05, 4.69) is 48.8 Å². The summed E-state index contributed by atoms with van der Waals surface area (Å²) < 4.78 is 7.04. The van der Waals surface area contributed by atoms with Crippen molar-refractivity contribution in [1.29, 1.82) is 0 Å². The summed E-state index contributed by atoms with van der Waals surface area (Å²) in [6.07, 6.45) is 7.84. The van der Waals surface area contributed by atoms with Gasteiger partial charge in [0, 0.05) is 4.47 Å². The van der Waals surface area contributed by atoms with Crippen molar-refractivity contribution in [3.05, 3.63) is 27.7 Å². The summed E-state index contributed by atoms with van der Waals surface area (Å²) in [7, 11) is 0. The summed E-state index contributed by atoms with van der Waals surface area (Å²) in [4.78, 5) is 0. The molecule has 0 fully saturated rings. The molecular formula is C16H25BrO. The van der Waals surface area contributed by atoms with Crippen LogP contribution in [0, 0.1) is 13.8 Å². The largest absolute Gasteiger partial charge is 0.493 e. The van der Waals surface area contributed by atoms with E-state index >= 15 is 0 Å². The molecule has 0 spiro atoms. The van der Waals surface area contributed by atoms with Crippen LogP contribution >= 0.6 is 15.9 Å². The van der Waals surface area contributed by atoms with Crippen LogP contribution in [0.4, 0.5) is 0 Å². The van der Waals surface area contributed by atoms with Gasteiger partial charge in [-0.1, -0.05) is 55.0 Å². The smallest absolute Gasteiger partial charge is 0.125 e. The topological polar surface area (TPSA) is 9.23 Å². The maximum absolute atomic E-state index is 5.91. The third kappa shape index (κ3) is 5.43.